The Morgan fingerprint density at radius 3 is 2.90 bits per heavy atom. The minimum Gasteiger partial charge on any atom is -0.493 e. The summed E-state index contributed by atoms with van der Waals surface area (Å²) in [5, 5.41) is 3.81. The molecule has 0 aromatic heterocycles. The van der Waals surface area contributed by atoms with E-state index in [0.29, 0.717) is 13.2 Å². The van der Waals surface area contributed by atoms with Crippen LogP contribution in [0.4, 0.5) is 0 Å². The molecule has 2 aromatic rings. The Balaban J connectivity index is 1.97. The van der Waals surface area contributed by atoms with Crippen molar-refractivity contribution in [1.29, 1.82) is 0 Å². The summed E-state index contributed by atoms with van der Waals surface area (Å²) in [6.45, 7) is 2.68. The number of amides is 1. The topological polar surface area (TPSA) is 38.8 Å². The normalized spacial score (nSPS) is 24.1. The predicted molar refractivity (Wildman–Crippen MR) is 74.1 cm³/mol. The van der Waals surface area contributed by atoms with Crippen molar-refractivity contribution in [2.24, 2.45) is 5.92 Å². The molecule has 2 aliphatic heterocycles. The van der Waals surface area contributed by atoms with Crippen LogP contribution in [0, 0.1) is 5.92 Å². The van der Waals surface area contributed by atoms with Gasteiger partial charge in [0.15, 0.2) is 0 Å². The molecule has 20 heavy (non-hydrogen) atoms. The Kier molecular flexibility index (Phi) is 2.47. The molecule has 1 saturated heterocycles. The van der Waals surface area contributed by atoms with Gasteiger partial charge in [-0.25, -0.2) is 5.06 Å². The van der Waals surface area contributed by atoms with Gasteiger partial charge in [0.2, 0.25) is 5.91 Å². The highest BCUT2D eigenvalue weighted by molar-refractivity contribution is 5.89. The van der Waals surface area contributed by atoms with Crippen LogP contribution in [0.25, 0.3) is 10.8 Å². The number of benzene rings is 2. The Morgan fingerprint density at radius 2 is 2.05 bits per heavy atom. The van der Waals surface area contributed by atoms with E-state index in [4.69, 9.17) is 9.57 Å². The SMILES string of the molecule is CC(=O)N1OCC2COc3ccc4ccccc4c3C21. The van der Waals surface area contributed by atoms with Gasteiger partial charge in [-0.3, -0.25) is 9.63 Å². The molecule has 1 fully saturated rings. The van der Waals surface area contributed by atoms with E-state index in [1.54, 1.807) is 6.92 Å². The lowest BCUT2D eigenvalue weighted by molar-refractivity contribution is -0.174. The van der Waals surface area contributed by atoms with Crippen LogP contribution < -0.4 is 4.74 Å². The van der Waals surface area contributed by atoms with Gasteiger partial charge in [-0.05, 0) is 16.8 Å². The number of ether oxygens (including phenoxy) is 1. The number of hydrogen-bond acceptors (Lipinski definition) is 3. The summed E-state index contributed by atoms with van der Waals surface area (Å²) in [6.07, 6.45) is 0. The van der Waals surface area contributed by atoms with E-state index in [1.165, 1.54) is 5.06 Å². The molecule has 0 aliphatic carbocycles. The van der Waals surface area contributed by atoms with Crippen molar-refractivity contribution in [1.82, 2.24) is 5.06 Å². The summed E-state index contributed by atoms with van der Waals surface area (Å²) >= 11 is 0. The minimum absolute atomic E-state index is 0.0395. The Hall–Kier alpha value is -2.07. The summed E-state index contributed by atoms with van der Waals surface area (Å²) in [6, 6.07) is 12.2. The molecule has 0 bridgehead atoms. The van der Waals surface area contributed by atoms with Crippen molar-refractivity contribution < 1.29 is 14.4 Å². The maximum absolute atomic E-state index is 11.8. The van der Waals surface area contributed by atoms with Gasteiger partial charge in [-0.1, -0.05) is 30.3 Å². The zero-order chi connectivity index (χ0) is 13.7. The zero-order valence-corrected chi connectivity index (χ0v) is 11.2. The van der Waals surface area contributed by atoms with Crippen LogP contribution in [0.5, 0.6) is 5.75 Å². The predicted octanol–water partition coefficient (Wildman–Crippen LogP) is 2.68. The van der Waals surface area contributed by atoms with Gasteiger partial charge < -0.3 is 4.74 Å². The molecule has 2 atom stereocenters. The molecule has 1 amide bonds. The molecular weight excluding hydrogens is 254 g/mol. The largest absolute Gasteiger partial charge is 0.493 e. The van der Waals surface area contributed by atoms with Crippen LogP contribution in [0.1, 0.15) is 18.5 Å². The molecule has 0 spiro atoms. The fourth-order valence-electron chi connectivity index (χ4n) is 3.22. The van der Waals surface area contributed by atoms with E-state index in [1.807, 2.05) is 18.2 Å². The van der Waals surface area contributed by atoms with Crippen LogP contribution in [0.2, 0.25) is 0 Å². The highest BCUT2D eigenvalue weighted by Crippen LogP contribution is 2.46. The van der Waals surface area contributed by atoms with Crippen molar-refractivity contribution in [3.8, 4) is 5.75 Å². The van der Waals surface area contributed by atoms with Crippen LogP contribution in [-0.2, 0) is 9.63 Å². The van der Waals surface area contributed by atoms with Crippen LogP contribution in [0.15, 0.2) is 36.4 Å². The van der Waals surface area contributed by atoms with Gasteiger partial charge >= 0.3 is 0 Å². The first-order valence-electron chi connectivity index (χ1n) is 6.83. The quantitative estimate of drug-likeness (QED) is 0.738. The van der Waals surface area contributed by atoms with Gasteiger partial charge in [-0.15, -0.1) is 0 Å². The number of carbonyl (C=O) groups is 1. The minimum atomic E-state index is -0.0571. The van der Waals surface area contributed by atoms with Crippen LogP contribution >= 0.6 is 0 Å². The zero-order valence-electron chi connectivity index (χ0n) is 11.2. The third kappa shape index (κ3) is 1.55. The van der Waals surface area contributed by atoms with E-state index in [9.17, 15) is 4.79 Å². The lowest BCUT2D eigenvalue weighted by atomic mass is 9.88. The molecule has 0 radical (unpaired) electrons. The van der Waals surface area contributed by atoms with Crippen molar-refractivity contribution in [3.63, 3.8) is 0 Å². The second-order valence-corrected chi connectivity index (χ2v) is 5.36. The lowest BCUT2D eigenvalue weighted by Crippen LogP contribution is -2.33. The Morgan fingerprint density at radius 1 is 1.20 bits per heavy atom. The number of fused-ring (bicyclic) bond motifs is 5. The Labute approximate surface area is 116 Å². The van der Waals surface area contributed by atoms with Gasteiger partial charge in [0.25, 0.3) is 0 Å². The molecule has 2 aromatic carbocycles. The number of carbonyl (C=O) groups excluding carboxylic acids is 1. The molecule has 2 heterocycles. The molecule has 0 saturated carbocycles. The second-order valence-electron chi connectivity index (χ2n) is 5.36. The lowest BCUT2D eigenvalue weighted by Gasteiger charge is -2.31. The van der Waals surface area contributed by atoms with Crippen molar-refractivity contribution in [2.75, 3.05) is 13.2 Å². The van der Waals surface area contributed by atoms with Crippen molar-refractivity contribution >= 4 is 16.7 Å². The average Bonchev–Trinajstić information content (AvgIpc) is 2.91. The summed E-state index contributed by atoms with van der Waals surface area (Å²) in [5.41, 5.74) is 1.08. The first-order chi connectivity index (χ1) is 9.75. The summed E-state index contributed by atoms with van der Waals surface area (Å²) in [7, 11) is 0. The maximum atomic E-state index is 11.8. The van der Waals surface area contributed by atoms with Crippen LogP contribution in [-0.4, -0.2) is 24.2 Å². The van der Waals surface area contributed by atoms with Gasteiger partial charge in [0.05, 0.1) is 19.3 Å². The van der Waals surface area contributed by atoms with Gasteiger partial charge in [0, 0.05) is 18.4 Å². The smallest absolute Gasteiger partial charge is 0.243 e. The molecule has 2 aliphatic rings. The van der Waals surface area contributed by atoms with E-state index >= 15 is 0 Å². The Bertz CT molecular complexity index is 697. The molecule has 4 rings (SSSR count). The highest BCUT2D eigenvalue weighted by Gasteiger charge is 2.43. The van der Waals surface area contributed by atoms with E-state index < -0.39 is 0 Å². The fourth-order valence-corrected chi connectivity index (χ4v) is 3.22. The van der Waals surface area contributed by atoms with Crippen molar-refractivity contribution in [2.45, 2.75) is 13.0 Å². The molecule has 2 unspecified atom stereocenters. The first-order valence-corrected chi connectivity index (χ1v) is 6.83. The molecule has 102 valence electrons. The fraction of sp³-hybridized carbons (Fsp3) is 0.312. The highest BCUT2D eigenvalue weighted by atomic mass is 16.7. The van der Waals surface area contributed by atoms with Gasteiger partial charge in [-0.2, -0.15) is 0 Å². The maximum Gasteiger partial charge on any atom is 0.243 e. The number of hydrogen-bond donors (Lipinski definition) is 0. The van der Waals surface area contributed by atoms with E-state index in [-0.39, 0.29) is 17.9 Å². The van der Waals surface area contributed by atoms with Crippen LogP contribution in [0.3, 0.4) is 0 Å². The molecule has 0 N–H and O–H groups in total. The third-order valence-corrected chi connectivity index (χ3v) is 4.12. The average molecular weight is 269 g/mol. The second kappa shape index (κ2) is 4.21. The number of rotatable bonds is 0. The summed E-state index contributed by atoms with van der Waals surface area (Å²) in [4.78, 5) is 17.4. The standard InChI is InChI=1S/C16H15NO3/c1-10(18)17-16-12(9-20-17)8-19-14-7-6-11-4-2-3-5-13(11)15(14)16/h2-7,12,16H,8-9H2,1H3. The van der Waals surface area contributed by atoms with Gasteiger partial charge in [0.1, 0.15) is 5.75 Å². The van der Waals surface area contributed by atoms with Crippen molar-refractivity contribution in [3.05, 3.63) is 42.0 Å². The molecular formula is C16H15NO3. The molecule has 4 heteroatoms. The monoisotopic (exact) mass is 269 g/mol. The number of nitrogens with zero attached hydrogens (tertiary/aromatic N) is 1. The third-order valence-electron chi connectivity index (χ3n) is 4.12. The van der Waals surface area contributed by atoms with E-state index in [2.05, 4.69) is 18.2 Å². The summed E-state index contributed by atoms with van der Waals surface area (Å²) < 4.78 is 5.86. The van der Waals surface area contributed by atoms with E-state index in [0.717, 1.165) is 22.1 Å². The number of hydroxylamine groups is 2. The summed E-state index contributed by atoms with van der Waals surface area (Å²) in [5.74, 6) is 1.01. The first kappa shape index (κ1) is 11.7. The molecule has 4 nitrogen and oxygen atoms in total.